The van der Waals surface area contributed by atoms with E-state index in [4.69, 9.17) is 26.1 Å². The average molecular weight is 455 g/mol. The van der Waals surface area contributed by atoms with Crippen molar-refractivity contribution in [2.75, 3.05) is 39.4 Å². The number of rotatable bonds is 5. The molecular formula is C19H26N4O5S2. The molecule has 9 nitrogen and oxygen atoms in total. The summed E-state index contributed by atoms with van der Waals surface area (Å²) < 4.78 is 45.7. The van der Waals surface area contributed by atoms with Gasteiger partial charge in [-0.05, 0) is 44.3 Å². The van der Waals surface area contributed by atoms with Gasteiger partial charge in [0.1, 0.15) is 0 Å². The van der Waals surface area contributed by atoms with Gasteiger partial charge in [-0.25, -0.2) is 13.1 Å². The SMILES string of the molecule is C[C@@H]1CN(Cn2nc(-c3cccc(S(=O)(=O)N4CCOCC4)c3)oc2=S)C[C@@H](C)O1. The summed E-state index contributed by atoms with van der Waals surface area (Å²) in [7, 11) is -3.60. The monoisotopic (exact) mass is 454 g/mol. The third kappa shape index (κ3) is 4.66. The number of aromatic nitrogens is 2. The summed E-state index contributed by atoms with van der Waals surface area (Å²) in [6.07, 6.45) is 0.271. The molecule has 0 spiro atoms. The van der Waals surface area contributed by atoms with E-state index in [0.29, 0.717) is 44.4 Å². The van der Waals surface area contributed by atoms with E-state index in [1.54, 1.807) is 28.9 Å². The number of hydrogen-bond donors (Lipinski definition) is 0. The van der Waals surface area contributed by atoms with Crippen molar-refractivity contribution in [2.24, 2.45) is 0 Å². The number of morpholine rings is 2. The van der Waals surface area contributed by atoms with Gasteiger partial charge in [-0.3, -0.25) is 4.90 Å². The molecule has 2 aliphatic rings. The summed E-state index contributed by atoms with van der Waals surface area (Å²) >= 11 is 5.34. The van der Waals surface area contributed by atoms with E-state index < -0.39 is 10.0 Å². The van der Waals surface area contributed by atoms with Crippen LogP contribution in [0.15, 0.2) is 33.6 Å². The summed E-state index contributed by atoms with van der Waals surface area (Å²) in [5.74, 6) is 0.299. The third-order valence-corrected chi connectivity index (χ3v) is 7.31. The maximum absolute atomic E-state index is 12.9. The van der Waals surface area contributed by atoms with E-state index in [1.807, 2.05) is 13.8 Å². The molecule has 4 rings (SSSR count). The molecule has 2 aromatic rings. The summed E-state index contributed by atoms with van der Waals surface area (Å²) in [5, 5.41) is 4.49. The number of hydrogen-bond acceptors (Lipinski definition) is 8. The molecule has 0 aliphatic carbocycles. The minimum Gasteiger partial charge on any atom is -0.409 e. The molecule has 164 valence electrons. The van der Waals surface area contributed by atoms with Crippen LogP contribution in [0.4, 0.5) is 0 Å². The molecule has 0 saturated carbocycles. The highest BCUT2D eigenvalue weighted by atomic mass is 32.2. The van der Waals surface area contributed by atoms with Crippen molar-refractivity contribution < 1.29 is 22.3 Å². The molecule has 0 N–H and O–H groups in total. The molecule has 2 aliphatic heterocycles. The van der Waals surface area contributed by atoms with Crippen molar-refractivity contribution in [3.05, 3.63) is 29.1 Å². The lowest BCUT2D eigenvalue weighted by atomic mass is 10.2. The fourth-order valence-corrected chi connectivity index (χ4v) is 5.46. The molecule has 30 heavy (non-hydrogen) atoms. The predicted octanol–water partition coefficient (Wildman–Crippen LogP) is 1.96. The van der Waals surface area contributed by atoms with Crippen LogP contribution in [-0.4, -0.2) is 79.0 Å². The third-order valence-electron chi connectivity index (χ3n) is 5.12. The van der Waals surface area contributed by atoms with Crippen LogP contribution in [0, 0.1) is 4.84 Å². The van der Waals surface area contributed by atoms with Crippen LogP contribution in [0.5, 0.6) is 0 Å². The molecule has 11 heteroatoms. The van der Waals surface area contributed by atoms with Gasteiger partial charge in [0, 0.05) is 31.7 Å². The largest absolute Gasteiger partial charge is 0.409 e. The Kier molecular flexibility index (Phi) is 6.37. The zero-order valence-corrected chi connectivity index (χ0v) is 18.7. The van der Waals surface area contributed by atoms with Crippen LogP contribution in [0.2, 0.25) is 0 Å². The van der Waals surface area contributed by atoms with Gasteiger partial charge in [0.25, 0.3) is 4.84 Å². The van der Waals surface area contributed by atoms with Gasteiger partial charge in [0.05, 0.1) is 37.0 Å². The van der Waals surface area contributed by atoms with Crippen LogP contribution in [-0.2, 0) is 26.2 Å². The Hall–Kier alpha value is -1.63. The summed E-state index contributed by atoms with van der Waals surface area (Å²) in [4.78, 5) is 2.66. The van der Waals surface area contributed by atoms with Gasteiger partial charge in [-0.2, -0.15) is 4.31 Å². The fraction of sp³-hybridized carbons (Fsp3) is 0.579. The van der Waals surface area contributed by atoms with Crippen LogP contribution in [0.25, 0.3) is 11.5 Å². The molecular weight excluding hydrogens is 428 g/mol. The smallest absolute Gasteiger partial charge is 0.288 e. The first-order valence-corrected chi connectivity index (χ1v) is 11.8. The molecule has 2 fully saturated rings. The molecule has 0 unspecified atom stereocenters. The molecule has 2 atom stereocenters. The van der Waals surface area contributed by atoms with Gasteiger partial charge < -0.3 is 13.9 Å². The second-order valence-corrected chi connectivity index (χ2v) is 9.94. The second-order valence-electron chi connectivity index (χ2n) is 7.65. The van der Waals surface area contributed by atoms with Crippen LogP contribution < -0.4 is 0 Å². The fourth-order valence-electron chi connectivity index (χ4n) is 3.83. The van der Waals surface area contributed by atoms with Crippen LogP contribution in [0.1, 0.15) is 13.8 Å². The summed E-state index contributed by atoms with van der Waals surface area (Å²) in [6.45, 7) is 7.62. The quantitative estimate of drug-likeness (QED) is 0.634. The standard InChI is InChI=1S/C19H26N4O5S2/c1-14-11-21(12-15(2)27-14)13-23-19(29)28-18(20-23)16-4-3-5-17(10-16)30(24,25)22-6-8-26-9-7-22/h3-5,10,14-15H,6-9,11-13H2,1-2H3/t14-,15-/m1/s1. The molecule has 1 aromatic heterocycles. The second kappa shape index (κ2) is 8.85. The van der Waals surface area contributed by atoms with E-state index in [2.05, 4.69) is 10.00 Å². The maximum atomic E-state index is 12.9. The van der Waals surface area contributed by atoms with E-state index in [9.17, 15) is 8.42 Å². The Morgan fingerprint density at radius 3 is 2.57 bits per heavy atom. The van der Waals surface area contributed by atoms with Crippen molar-refractivity contribution in [2.45, 2.75) is 37.6 Å². The van der Waals surface area contributed by atoms with E-state index in [0.717, 1.165) is 13.1 Å². The number of benzene rings is 1. The van der Waals surface area contributed by atoms with Gasteiger partial charge >= 0.3 is 0 Å². The zero-order valence-electron chi connectivity index (χ0n) is 17.1. The van der Waals surface area contributed by atoms with E-state index >= 15 is 0 Å². The van der Waals surface area contributed by atoms with Gasteiger partial charge in [-0.1, -0.05) is 6.07 Å². The highest BCUT2D eigenvalue weighted by Gasteiger charge is 2.27. The molecule has 0 amide bonds. The van der Waals surface area contributed by atoms with Gasteiger partial charge in [0.2, 0.25) is 15.9 Å². The average Bonchev–Trinajstić information content (AvgIpc) is 3.08. The number of ether oxygens (including phenoxy) is 2. The number of nitrogens with zero attached hydrogens (tertiary/aromatic N) is 4. The topological polar surface area (TPSA) is 90.0 Å². The van der Waals surface area contributed by atoms with Crippen LogP contribution >= 0.6 is 12.2 Å². The van der Waals surface area contributed by atoms with Gasteiger partial charge in [-0.15, -0.1) is 5.10 Å². The van der Waals surface area contributed by atoms with Crippen molar-refractivity contribution >= 4 is 22.2 Å². The lowest BCUT2D eigenvalue weighted by molar-refractivity contribution is -0.0778. The lowest BCUT2D eigenvalue weighted by Gasteiger charge is -2.34. The minimum absolute atomic E-state index is 0.136. The van der Waals surface area contributed by atoms with Gasteiger partial charge in [0.15, 0.2) is 0 Å². The highest BCUT2D eigenvalue weighted by Crippen LogP contribution is 2.24. The normalized spacial score (nSPS) is 24.2. The Balaban J connectivity index is 1.56. The van der Waals surface area contributed by atoms with E-state index in [-0.39, 0.29) is 21.9 Å². The van der Waals surface area contributed by atoms with Crippen molar-refractivity contribution in [3.63, 3.8) is 0 Å². The van der Waals surface area contributed by atoms with Crippen molar-refractivity contribution in [1.29, 1.82) is 0 Å². The predicted molar refractivity (Wildman–Crippen MR) is 112 cm³/mol. The first kappa shape index (κ1) is 21.6. The van der Waals surface area contributed by atoms with Crippen molar-refractivity contribution in [3.8, 4) is 11.5 Å². The zero-order chi connectivity index (χ0) is 21.3. The van der Waals surface area contributed by atoms with E-state index in [1.165, 1.54) is 4.31 Å². The van der Waals surface area contributed by atoms with Crippen LogP contribution in [0.3, 0.4) is 0 Å². The van der Waals surface area contributed by atoms with Crippen molar-refractivity contribution in [1.82, 2.24) is 19.0 Å². The summed E-state index contributed by atoms with van der Waals surface area (Å²) in [6, 6.07) is 6.61. The Bertz CT molecular complexity index is 1040. The summed E-state index contributed by atoms with van der Waals surface area (Å²) in [5.41, 5.74) is 0.567. The Morgan fingerprint density at radius 2 is 1.87 bits per heavy atom. The highest BCUT2D eigenvalue weighted by molar-refractivity contribution is 7.89. The molecule has 0 radical (unpaired) electrons. The molecule has 2 saturated heterocycles. The Labute approximate surface area is 181 Å². The molecule has 0 bridgehead atoms. The Morgan fingerprint density at radius 1 is 1.17 bits per heavy atom. The molecule has 1 aromatic carbocycles. The lowest BCUT2D eigenvalue weighted by Crippen LogP contribution is -2.46. The first-order chi connectivity index (χ1) is 14.3. The number of sulfonamides is 1. The minimum atomic E-state index is -3.60. The first-order valence-electron chi connectivity index (χ1n) is 9.97. The molecule has 3 heterocycles. The maximum Gasteiger partial charge on any atom is 0.288 e.